The molecule has 0 atom stereocenters. The summed E-state index contributed by atoms with van der Waals surface area (Å²) in [6.07, 6.45) is 3.80. The van der Waals surface area contributed by atoms with Crippen LogP contribution in [0, 0.1) is 10.1 Å². The summed E-state index contributed by atoms with van der Waals surface area (Å²) in [4.78, 5) is 18.5. The Morgan fingerprint density at radius 3 is 2.42 bits per heavy atom. The van der Waals surface area contributed by atoms with E-state index in [4.69, 9.17) is 5.10 Å². The van der Waals surface area contributed by atoms with Crippen LogP contribution < -0.4 is 9.70 Å². The Balaban J connectivity index is 1.62. The molecule has 0 bridgehead atoms. The number of nitro benzene ring substituents is 1. The van der Waals surface area contributed by atoms with E-state index in [9.17, 15) is 10.1 Å². The Bertz CT molecular complexity index is 1560. The maximum Gasteiger partial charge on any atom is 0.294 e. The van der Waals surface area contributed by atoms with E-state index in [1.807, 2.05) is 47.9 Å². The predicted octanol–water partition coefficient (Wildman–Crippen LogP) is 6.50. The summed E-state index contributed by atoms with van der Waals surface area (Å²) in [5.41, 5.74) is 5.49. The van der Waals surface area contributed by atoms with Gasteiger partial charge in [-0.2, -0.15) is 5.10 Å². The molecule has 1 aromatic heterocycles. The number of fused-ring (bicyclic) bond motifs is 1. The van der Waals surface area contributed by atoms with Gasteiger partial charge in [0, 0.05) is 47.1 Å². The lowest BCUT2D eigenvalue weighted by molar-refractivity contribution is -0.384. The number of likely N-dealkylation sites (N-methyl/N-ethyl adjacent to an activating group) is 1. The topological polar surface area (TPSA) is 76.0 Å². The van der Waals surface area contributed by atoms with Crippen molar-refractivity contribution in [1.29, 1.82) is 0 Å². The number of nitro groups is 1. The summed E-state index contributed by atoms with van der Waals surface area (Å²) in [5, 5.41) is 18.3. The van der Waals surface area contributed by atoms with E-state index >= 15 is 0 Å². The summed E-state index contributed by atoms with van der Waals surface area (Å²) in [5.74, 6) is 0. The zero-order valence-electron chi connectivity index (χ0n) is 20.2. The maximum absolute atomic E-state index is 11.5. The van der Waals surface area contributed by atoms with Crippen molar-refractivity contribution in [2.24, 2.45) is 10.1 Å². The third kappa shape index (κ3) is 4.16. The zero-order chi connectivity index (χ0) is 25.3. The highest BCUT2D eigenvalue weighted by atomic mass is 32.1. The minimum Gasteiger partial charge on any atom is -0.347 e. The smallest absolute Gasteiger partial charge is 0.294 e. The number of thiazole rings is 1. The lowest BCUT2D eigenvalue weighted by Gasteiger charge is -2.23. The molecule has 2 heterocycles. The Kier molecular flexibility index (Phi) is 6.12. The van der Waals surface area contributed by atoms with E-state index in [-0.39, 0.29) is 11.1 Å². The number of nitrogens with zero attached hydrogens (tertiary/aromatic N) is 5. The van der Waals surface area contributed by atoms with Crippen molar-refractivity contribution in [3.05, 3.63) is 116 Å². The molecule has 4 aromatic rings. The van der Waals surface area contributed by atoms with Gasteiger partial charge in [0.05, 0.1) is 10.6 Å². The summed E-state index contributed by atoms with van der Waals surface area (Å²) < 4.78 is 1.74. The van der Waals surface area contributed by atoms with Crippen LogP contribution in [-0.4, -0.2) is 22.9 Å². The predicted molar refractivity (Wildman–Crippen MR) is 146 cm³/mol. The van der Waals surface area contributed by atoms with Gasteiger partial charge in [0.15, 0.2) is 0 Å². The highest BCUT2D eigenvalue weighted by Crippen LogP contribution is 2.46. The number of benzene rings is 3. The van der Waals surface area contributed by atoms with Gasteiger partial charge in [-0.05, 0) is 23.8 Å². The molecule has 0 spiro atoms. The van der Waals surface area contributed by atoms with Crippen LogP contribution in [0.4, 0.5) is 17.1 Å². The molecule has 7 nitrogen and oxygen atoms in total. The summed E-state index contributed by atoms with van der Waals surface area (Å²) >= 11 is 1.39. The van der Waals surface area contributed by atoms with Crippen molar-refractivity contribution in [1.82, 2.24) is 4.68 Å². The molecule has 3 aromatic carbocycles. The number of hydrogen-bond donors (Lipinski definition) is 0. The van der Waals surface area contributed by atoms with Gasteiger partial charge < -0.3 is 4.90 Å². The summed E-state index contributed by atoms with van der Waals surface area (Å²) in [6, 6.07) is 24.8. The number of hydrogen-bond acceptors (Lipinski definition) is 6. The van der Waals surface area contributed by atoms with E-state index in [1.54, 1.807) is 29.1 Å². The van der Waals surface area contributed by atoms with Gasteiger partial charge in [-0.3, -0.25) is 10.1 Å². The van der Waals surface area contributed by atoms with Crippen LogP contribution in [0.25, 0.3) is 11.3 Å². The fourth-order valence-electron chi connectivity index (χ4n) is 4.58. The van der Waals surface area contributed by atoms with Crippen molar-refractivity contribution in [2.75, 3.05) is 11.9 Å². The molecule has 1 aliphatic rings. The van der Waals surface area contributed by atoms with Crippen LogP contribution >= 0.6 is 11.3 Å². The van der Waals surface area contributed by atoms with Crippen molar-refractivity contribution in [2.45, 2.75) is 19.3 Å². The lowest BCUT2D eigenvalue weighted by atomic mass is 9.84. The van der Waals surface area contributed by atoms with Crippen molar-refractivity contribution in [3.8, 4) is 11.3 Å². The molecule has 0 unspecified atom stereocenters. The standard InChI is InChI=1S/C28H25N5O2S/c1-28(2)21-13-7-9-15-23(21)31(3)26(28)17-18-29-32-25(20-11-5-4-6-12-20)19-36-27(32)30-22-14-8-10-16-24(22)33(34)35/h4-19H,1-3H3. The molecule has 0 amide bonds. The quantitative estimate of drug-likeness (QED) is 0.180. The van der Waals surface area contributed by atoms with Gasteiger partial charge in [-0.15, -0.1) is 11.3 Å². The minimum atomic E-state index is -0.418. The summed E-state index contributed by atoms with van der Waals surface area (Å²) in [6.45, 7) is 4.41. The van der Waals surface area contributed by atoms with E-state index in [0.717, 1.165) is 17.0 Å². The Morgan fingerprint density at radius 1 is 0.972 bits per heavy atom. The van der Waals surface area contributed by atoms with Gasteiger partial charge in [-0.25, -0.2) is 9.67 Å². The van der Waals surface area contributed by atoms with E-state index in [1.165, 1.54) is 28.7 Å². The monoisotopic (exact) mass is 495 g/mol. The van der Waals surface area contributed by atoms with E-state index in [0.29, 0.717) is 10.5 Å². The maximum atomic E-state index is 11.5. The number of aromatic nitrogens is 1. The van der Waals surface area contributed by atoms with Gasteiger partial charge in [0.2, 0.25) is 4.80 Å². The van der Waals surface area contributed by atoms with Gasteiger partial charge in [0.25, 0.3) is 5.69 Å². The third-order valence-corrected chi connectivity index (χ3v) is 7.22. The molecule has 0 radical (unpaired) electrons. The molecule has 0 aliphatic carbocycles. The Hall–Kier alpha value is -4.30. The molecule has 180 valence electrons. The van der Waals surface area contributed by atoms with Crippen LogP contribution in [0.2, 0.25) is 0 Å². The molecule has 0 fully saturated rings. The number of anilines is 1. The Morgan fingerprint density at radius 2 is 1.67 bits per heavy atom. The average Bonchev–Trinajstić information content (AvgIpc) is 3.36. The first-order valence-corrected chi connectivity index (χ1v) is 12.4. The second-order valence-electron chi connectivity index (χ2n) is 8.96. The normalized spacial score (nSPS) is 16.1. The van der Waals surface area contributed by atoms with Crippen molar-refractivity contribution in [3.63, 3.8) is 0 Å². The van der Waals surface area contributed by atoms with Crippen LogP contribution in [0.5, 0.6) is 0 Å². The van der Waals surface area contributed by atoms with Crippen LogP contribution in [0.15, 0.2) is 106 Å². The third-order valence-electron chi connectivity index (χ3n) is 6.40. The molecular formula is C28H25N5O2S. The van der Waals surface area contributed by atoms with Crippen LogP contribution in [0.3, 0.4) is 0 Å². The van der Waals surface area contributed by atoms with E-state index < -0.39 is 4.92 Å². The highest BCUT2D eigenvalue weighted by molar-refractivity contribution is 7.07. The second-order valence-corrected chi connectivity index (χ2v) is 9.79. The molecule has 5 rings (SSSR count). The number of para-hydroxylation sites is 3. The fourth-order valence-corrected chi connectivity index (χ4v) is 5.43. The molecule has 1 aliphatic heterocycles. The number of allylic oxidation sites excluding steroid dienone is 2. The first-order valence-electron chi connectivity index (χ1n) is 11.5. The molecule has 0 saturated heterocycles. The largest absolute Gasteiger partial charge is 0.347 e. The lowest BCUT2D eigenvalue weighted by Crippen LogP contribution is -2.23. The Labute approximate surface area is 213 Å². The average molecular weight is 496 g/mol. The van der Waals surface area contributed by atoms with Crippen LogP contribution in [0.1, 0.15) is 19.4 Å². The fraction of sp³-hybridized carbons (Fsp3) is 0.143. The van der Waals surface area contributed by atoms with Crippen molar-refractivity contribution < 1.29 is 4.92 Å². The highest BCUT2D eigenvalue weighted by Gasteiger charge is 2.37. The first-order chi connectivity index (χ1) is 17.4. The SMILES string of the molecule is CN1C(=CC=Nn2c(-c3ccccc3)csc2=Nc2ccccc2[N+](=O)[O-])C(C)(C)c2ccccc21. The van der Waals surface area contributed by atoms with Crippen molar-refractivity contribution >= 4 is 34.6 Å². The van der Waals surface area contributed by atoms with Gasteiger partial charge in [0.1, 0.15) is 5.69 Å². The van der Waals surface area contributed by atoms with E-state index in [2.05, 4.69) is 49.0 Å². The van der Waals surface area contributed by atoms with Gasteiger partial charge in [-0.1, -0.05) is 74.5 Å². The molecule has 36 heavy (non-hydrogen) atoms. The number of rotatable bonds is 5. The molecular weight excluding hydrogens is 470 g/mol. The van der Waals surface area contributed by atoms with Crippen LogP contribution in [-0.2, 0) is 5.41 Å². The molecule has 0 saturated carbocycles. The molecule has 0 N–H and O–H groups in total. The zero-order valence-corrected chi connectivity index (χ0v) is 21.0. The minimum absolute atomic E-state index is 0.0445. The first kappa shape index (κ1) is 23.4. The van der Waals surface area contributed by atoms with Gasteiger partial charge >= 0.3 is 0 Å². The molecule has 8 heteroatoms. The second kappa shape index (κ2) is 9.39. The summed E-state index contributed by atoms with van der Waals surface area (Å²) in [7, 11) is 2.07.